The van der Waals surface area contributed by atoms with Crippen LogP contribution in [0.5, 0.6) is 11.5 Å². The summed E-state index contributed by atoms with van der Waals surface area (Å²) in [5, 5.41) is 15.0. The number of hydrogen-bond acceptors (Lipinski definition) is 4. The molecule has 116 valence electrons. The maximum absolute atomic E-state index is 11.9. The maximum atomic E-state index is 11.9. The average Bonchev–Trinajstić information content (AvgIpc) is 2.45. The van der Waals surface area contributed by atoms with Gasteiger partial charge in [-0.3, -0.25) is 9.59 Å². The zero-order valence-electron chi connectivity index (χ0n) is 12.6. The van der Waals surface area contributed by atoms with Crippen LogP contribution in [0.1, 0.15) is 30.6 Å². The molecule has 1 aromatic carbocycles. The molecular formula is C15H22N2O4. The molecular weight excluding hydrogens is 272 g/mol. The number of phenols is 1. The lowest BCUT2D eigenvalue weighted by molar-refractivity contribution is -0.121. The Kier molecular flexibility index (Phi) is 6.52. The summed E-state index contributed by atoms with van der Waals surface area (Å²) in [6, 6.07) is 4.40. The fraction of sp³-hybridized carbons (Fsp3) is 0.467. The molecule has 3 N–H and O–H groups in total. The smallest absolute Gasteiger partial charge is 0.255 e. The van der Waals surface area contributed by atoms with E-state index >= 15 is 0 Å². The molecule has 0 bridgehead atoms. The Hall–Kier alpha value is -2.24. The van der Waals surface area contributed by atoms with Crippen LogP contribution in [0.2, 0.25) is 0 Å². The van der Waals surface area contributed by atoms with Gasteiger partial charge in [0.15, 0.2) is 0 Å². The zero-order chi connectivity index (χ0) is 15.8. The number of ether oxygens (including phenoxy) is 1. The molecule has 1 aromatic rings. The van der Waals surface area contributed by atoms with E-state index in [0.717, 1.165) is 0 Å². The number of aromatic hydroxyl groups is 1. The topological polar surface area (TPSA) is 87.7 Å². The number of methoxy groups -OCH3 is 1. The molecule has 21 heavy (non-hydrogen) atoms. The van der Waals surface area contributed by atoms with Crippen LogP contribution in [-0.4, -0.2) is 37.1 Å². The first-order valence-corrected chi connectivity index (χ1v) is 6.86. The molecule has 0 fully saturated rings. The zero-order valence-corrected chi connectivity index (χ0v) is 12.6. The number of amides is 2. The number of nitrogens with one attached hydrogen (secondary N) is 2. The predicted octanol–water partition coefficient (Wildman–Crippen LogP) is 1.29. The molecule has 6 nitrogen and oxygen atoms in total. The summed E-state index contributed by atoms with van der Waals surface area (Å²) >= 11 is 0. The number of carbonyl (C=O) groups is 2. The van der Waals surface area contributed by atoms with Gasteiger partial charge in [-0.05, 0) is 24.1 Å². The van der Waals surface area contributed by atoms with Gasteiger partial charge in [0.2, 0.25) is 5.91 Å². The van der Waals surface area contributed by atoms with E-state index < -0.39 is 5.91 Å². The molecule has 0 radical (unpaired) electrons. The molecule has 0 heterocycles. The largest absolute Gasteiger partial charge is 0.507 e. The van der Waals surface area contributed by atoms with Crippen molar-refractivity contribution < 1.29 is 19.4 Å². The highest BCUT2D eigenvalue weighted by atomic mass is 16.5. The van der Waals surface area contributed by atoms with E-state index in [1.54, 1.807) is 6.07 Å². The van der Waals surface area contributed by atoms with Crippen molar-refractivity contribution in [3.63, 3.8) is 0 Å². The first-order chi connectivity index (χ1) is 9.93. The number of benzene rings is 1. The third kappa shape index (κ3) is 5.72. The molecule has 1 rings (SSSR count). The minimum atomic E-state index is -0.442. The molecule has 0 aliphatic rings. The van der Waals surface area contributed by atoms with Gasteiger partial charge in [-0.15, -0.1) is 0 Å². The Bertz CT molecular complexity index is 500. The highest BCUT2D eigenvalue weighted by molar-refractivity contribution is 5.97. The lowest BCUT2D eigenvalue weighted by atomic mass is 10.1. The highest BCUT2D eigenvalue weighted by Gasteiger charge is 2.12. The lowest BCUT2D eigenvalue weighted by Gasteiger charge is -2.09. The van der Waals surface area contributed by atoms with Gasteiger partial charge in [0.05, 0.1) is 12.7 Å². The van der Waals surface area contributed by atoms with Gasteiger partial charge in [-0.1, -0.05) is 13.8 Å². The second kappa shape index (κ2) is 8.14. The van der Waals surface area contributed by atoms with Crippen LogP contribution in [0.3, 0.4) is 0 Å². The van der Waals surface area contributed by atoms with Gasteiger partial charge >= 0.3 is 0 Å². The van der Waals surface area contributed by atoms with Crippen molar-refractivity contribution >= 4 is 11.8 Å². The van der Waals surface area contributed by atoms with Crippen molar-refractivity contribution in [1.29, 1.82) is 0 Å². The molecule has 0 saturated heterocycles. The summed E-state index contributed by atoms with van der Waals surface area (Å²) in [6.45, 7) is 4.84. The number of hydrogen-bond donors (Lipinski definition) is 3. The summed E-state index contributed by atoms with van der Waals surface area (Å²) in [4.78, 5) is 23.4. The minimum Gasteiger partial charge on any atom is -0.507 e. The molecule has 0 saturated carbocycles. The summed E-state index contributed by atoms with van der Waals surface area (Å²) < 4.78 is 5.00. The van der Waals surface area contributed by atoms with Gasteiger partial charge in [0.1, 0.15) is 11.5 Å². The van der Waals surface area contributed by atoms with E-state index in [1.165, 1.54) is 19.2 Å². The number of phenolic OH excluding ortho intramolecular Hbond substituents is 1. The van der Waals surface area contributed by atoms with Crippen LogP contribution in [0.25, 0.3) is 0 Å². The quantitative estimate of drug-likeness (QED) is 0.707. The van der Waals surface area contributed by atoms with E-state index in [4.69, 9.17) is 4.74 Å². The number of carbonyl (C=O) groups excluding carboxylic acids is 2. The SMILES string of the molecule is COc1ccc(O)c(C(=O)NCCC(=O)NCC(C)C)c1. The average molecular weight is 294 g/mol. The van der Waals surface area contributed by atoms with Gasteiger partial charge in [0.25, 0.3) is 5.91 Å². The van der Waals surface area contributed by atoms with Crippen LogP contribution in [-0.2, 0) is 4.79 Å². The van der Waals surface area contributed by atoms with Crippen LogP contribution >= 0.6 is 0 Å². The normalized spacial score (nSPS) is 10.3. The molecule has 0 atom stereocenters. The van der Waals surface area contributed by atoms with Gasteiger partial charge in [-0.2, -0.15) is 0 Å². The van der Waals surface area contributed by atoms with Crippen molar-refractivity contribution in [3.8, 4) is 11.5 Å². The Morgan fingerprint density at radius 2 is 2.00 bits per heavy atom. The first-order valence-electron chi connectivity index (χ1n) is 6.86. The molecule has 0 aromatic heterocycles. The molecule has 0 spiro atoms. The third-order valence-corrected chi connectivity index (χ3v) is 2.79. The number of rotatable bonds is 7. The lowest BCUT2D eigenvalue weighted by Crippen LogP contribution is -2.32. The van der Waals surface area contributed by atoms with Crippen LogP contribution in [0, 0.1) is 5.92 Å². The van der Waals surface area contributed by atoms with Gasteiger partial charge < -0.3 is 20.5 Å². The van der Waals surface area contributed by atoms with Crippen molar-refractivity contribution in [2.24, 2.45) is 5.92 Å². The van der Waals surface area contributed by atoms with Crippen molar-refractivity contribution in [2.45, 2.75) is 20.3 Å². The molecule has 0 aliphatic heterocycles. The summed E-state index contributed by atoms with van der Waals surface area (Å²) in [7, 11) is 1.48. The first kappa shape index (κ1) is 16.8. The fourth-order valence-electron chi connectivity index (χ4n) is 1.62. The third-order valence-electron chi connectivity index (χ3n) is 2.79. The van der Waals surface area contributed by atoms with E-state index in [-0.39, 0.29) is 30.2 Å². The van der Waals surface area contributed by atoms with Gasteiger partial charge in [0, 0.05) is 19.5 Å². The summed E-state index contributed by atoms with van der Waals surface area (Å²) in [5.41, 5.74) is 0.122. The summed E-state index contributed by atoms with van der Waals surface area (Å²) in [6.07, 6.45) is 0.198. The molecule has 0 unspecified atom stereocenters. The Morgan fingerprint density at radius 1 is 1.29 bits per heavy atom. The fourth-order valence-corrected chi connectivity index (χ4v) is 1.62. The molecule has 0 aliphatic carbocycles. The van der Waals surface area contributed by atoms with Gasteiger partial charge in [-0.25, -0.2) is 0 Å². The highest BCUT2D eigenvalue weighted by Crippen LogP contribution is 2.22. The van der Waals surface area contributed by atoms with Crippen molar-refractivity contribution in [1.82, 2.24) is 10.6 Å². The predicted molar refractivity (Wildman–Crippen MR) is 79.5 cm³/mol. The standard InChI is InChI=1S/C15H22N2O4/c1-10(2)9-17-14(19)6-7-16-15(20)12-8-11(21-3)4-5-13(12)18/h4-5,8,10,18H,6-7,9H2,1-3H3,(H,16,20)(H,17,19). The molecule has 6 heteroatoms. The summed E-state index contributed by atoms with van der Waals surface area (Å²) in [5.74, 6) is 0.185. The maximum Gasteiger partial charge on any atom is 0.255 e. The van der Waals surface area contributed by atoms with E-state index in [2.05, 4.69) is 10.6 Å². The van der Waals surface area contributed by atoms with Crippen LogP contribution in [0.15, 0.2) is 18.2 Å². The Morgan fingerprint density at radius 3 is 2.62 bits per heavy atom. The monoisotopic (exact) mass is 294 g/mol. The van der Waals surface area contributed by atoms with Crippen molar-refractivity contribution in [3.05, 3.63) is 23.8 Å². The molecule has 2 amide bonds. The van der Waals surface area contributed by atoms with Crippen LogP contribution < -0.4 is 15.4 Å². The van der Waals surface area contributed by atoms with E-state index in [0.29, 0.717) is 18.2 Å². The van der Waals surface area contributed by atoms with E-state index in [1.807, 2.05) is 13.8 Å². The van der Waals surface area contributed by atoms with E-state index in [9.17, 15) is 14.7 Å². The Labute approximate surface area is 124 Å². The van der Waals surface area contributed by atoms with Crippen LogP contribution in [0.4, 0.5) is 0 Å². The second-order valence-electron chi connectivity index (χ2n) is 5.09. The Balaban J connectivity index is 2.45. The minimum absolute atomic E-state index is 0.112. The second-order valence-corrected chi connectivity index (χ2v) is 5.09. The van der Waals surface area contributed by atoms with Crippen molar-refractivity contribution in [2.75, 3.05) is 20.2 Å².